The molecule has 3 rings (SSSR count). The van der Waals surface area contributed by atoms with Crippen LogP contribution in [0, 0.1) is 19.8 Å². The van der Waals surface area contributed by atoms with E-state index in [9.17, 15) is 0 Å². The molecule has 0 N–H and O–H groups in total. The van der Waals surface area contributed by atoms with E-state index in [1.807, 2.05) is 24.5 Å². The molecule has 1 aliphatic rings. The number of rotatable bonds is 4. The van der Waals surface area contributed by atoms with Crippen molar-refractivity contribution in [1.29, 1.82) is 0 Å². The lowest BCUT2D eigenvalue weighted by Gasteiger charge is -2.14. The van der Waals surface area contributed by atoms with Crippen molar-refractivity contribution in [2.45, 2.75) is 33.7 Å². The summed E-state index contributed by atoms with van der Waals surface area (Å²) in [5.74, 6) is 1.37. The van der Waals surface area contributed by atoms with E-state index < -0.39 is 0 Å². The van der Waals surface area contributed by atoms with Crippen LogP contribution in [0.4, 0.5) is 0 Å². The maximum Gasteiger partial charge on any atom is 0.124 e. The van der Waals surface area contributed by atoms with E-state index >= 15 is 0 Å². The van der Waals surface area contributed by atoms with Gasteiger partial charge in [-0.25, -0.2) is 0 Å². The van der Waals surface area contributed by atoms with Crippen molar-refractivity contribution >= 4 is 21.8 Å². The maximum absolute atomic E-state index is 5.49. The standard InChI is InChI=1S/C21H25N3OS/c1-14-5-10-23-21(18-11-15(2)19(25-4)16(3)12-18)26-20(14)24-13-17-6-8-22-9-7-17/h6-9,11-12,14H,5,10,13H2,1-4H3. The first-order valence-electron chi connectivity index (χ1n) is 8.89. The number of methoxy groups -OCH3 is 1. The van der Waals surface area contributed by atoms with Gasteiger partial charge in [0.05, 0.1) is 18.7 Å². The number of aliphatic imine (C=N–C) groups is 2. The van der Waals surface area contributed by atoms with Crippen molar-refractivity contribution in [1.82, 2.24) is 4.98 Å². The minimum Gasteiger partial charge on any atom is -0.496 e. The van der Waals surface area contributed by atoms with Gasteiger partial charge in [-0.3, -0.25) is 15.0 Å². The highest BCUT2D eigenvalue weighted by atomic mass is 32.2. The molecular weight excluding hydrogens is 342 g/mol. The summed E-state index contributed by atoms with van der Waals surface area (Å²) >= 11 is 1.71. The van der Waals surface area contributed by atoms with E-state index in [1.165, 1.54) is 5.56 Å². The summed E-state index contributed by atoms with van der Waals surface area (Å²) in [5, 5.41) is 2.21. The molecule has 2 heterocycles. The molecule has 0 spiro atoms. The maximum atomic E-state index is 5.49. The highest BCUT2D eigenvalue weighted by molar-refractivity contribution is 8.27. The minimum atomic E-state index is 0.420. The highest BCUT2D eigenvalue weighted by Gasteiger charge is 2.20. The first kappa shape index (κ1) is 18.6. The Hall–Kier alpha value is -2.14. The monoisotopic (exact) mass is 367 g/mol. The fourth-order valence-electron chi connectivity index (χ4n) is 3.11. The number of aryl methyl sites for hydroxylation is 2. The Morgan fingerprint density at radius 2 is 1.88 bits per heavy atom. The fraction of sp³-hybridized carbons (Fsp3) is 0.381. The van der Waals surface area contributed by atoms with Crippen molar-refractivity contribution in [3.05, 3.63) is 58.9 Å². The van der Waals surface area contributed by atoms with Crippen molar-refractivity contribution < 1.29 is 4.74 Å². The molecular formula is C21H25N3OS. The van der Waals surface area contributed by atoms with Gasteiger partial charge in [-0.05, 0) is 61.2 Å². The van der Waals surface area contributed by atoms with Gasteiger partial charge >= 0.3 is 0 Å². The van der Waals surface area contributed by atoms with Crippen LogP contribution >= 0.6 is 11.8 Å². The zero-order valence-electron chi connectivity index (χ0n) is 15.8. The van der Waals surface area contributed by atoms with Crippen molar-refractivity contribution in [2.75, 3.05) is 13.7 Å². The summed E-state index contributed by atoms with van der Waals surface area (Å²) in [4.78, 5) is 13.8. The van der Waals surface area contributed by atoms with Gasteiger partial charge in [0.1, 0.15) is 10.8 Å². The predicted octanol–water partition coefficient (Wildman–Crippen LogP) is 4.83. The molecule has 0 aliphatic carbocycles. The molecule has 136 valence electrons. The van der Waals surface area contributed by atoms with Crippen LogP contribution in [0.25, 0.3) is 0 Å². The molecule has 2 aromatic rings. The van der Waals surface area contributed by atoms with E-state index in [1.54, 1.807) is 18.9 Å². The number of pyridine rings is 1. The van der Waals surface area contributed by atoms with Crippen LogP contribution in [0.15, 0.2) is 46.6 Å². The molecule has 0 saturated carbocycles. The average Bonchev–Trinajstić information content (AvgIpc) is 2.82. The zero-order chi connectivity index (χ0) is 18.5. The predicted molar refractivity (Wildman–Crippen MR) is 111 cm³/mol. The average molecular weight is 368 g/mol. The normalized spacial score (nSPS) is 19.2. The first-order valence-corrected chi connectivity index (χ1v) is 9.71. The largest absolute Gasteiger partial charge is 0.496 e. The van der Waals surface area contributed by atoms with Gasteiger partial charge in [0.2, 0.25) is 0 Å². The number of nitrogens with zero attached hydrogens (tertiary/aromatic N) is 3. The second-order valence-electron chi connectivity index (χ2n) is 6.63. The van der Waals surface area contributed by atoms with Gasteiger partial charge in [0.15, 0.2) is 0 Å². The van der Waals surface area contributed by atoms with E-state index in [2.05, 4.69) is 37.9 Å². The van der Waals surface area contributed by atoms with Gasteiger partial charge in [-0.2, -0.15) is 0 Å². The Labute approximate surface area is 159 Å². The molecule has 0 saturated heterocycles. The number of aromatic nitrogens is 1. The van der Waals surface area contributed by atoms with Crippen LogP contribution in [0.2, 0.25) is 0 Å². The molecule has 0 amide bonds. The molecule has 1 aromatic heterocycles. The zero-order valence-corrected chi connectivity index (χ0v) is 16.6. The van der Waals surface area contributed by atoms with Crippen LogP contribution in [0.5, 0.6) is 5.75 Å². The second kappa shape index (κ2) is 8.49. The third-order valence-electron chi connectivity index (χ3n) is 4.52. The van der Waals surface area contributed by atoms with Crippen molar-refractivity contribution in [2.24, 2.45) is 15.9 Å². The Bertz CT molecular complexity index is 807. The summed E-state index contributed by atoms with van der Waals surface area (Å²) in [7, 11) is 1.72. The van der Waals surface area contributed by atoms with E-state index in [0.29, 0.717) is 12.5 Å². The van der Waals surface area contributed by atoms with E-state index in [4.69, 9.17) is 14.7 Å². The summed E-state index contributed by atoms with van der Waals surface area (Å²) in [6, 6.07) is 8.35. The molecule has 0 fully saturated rings. The molecule has 1 atom stereocenters. The summed E-state index contributed by atoms with van der Waals surface area (Å²) in [6.45, 7) is 7.92. The molecule has 0 radical (unpaired) electrons. The van der Waals surface area contributed by atoms with Crippen LogP contribution < -0.4 is 4.74 Å². The van der Waals surface area contributed by atoms with E-state index in [-0.39, 0.29) is 0 Å². The Morgan fingerprint density at radius 3 is 2.54 bits per heavy atom. The van der Waals surface area contributed by atoms with Gasteiger partial charge in [0.25, 0.3) is 0 Å². The lowest BCUT2D eigenvalue weighted by atomic mass is 10.1. The fourth-order valence-corrected chi connectivity index (χ4v) is 4.14. The lowest BCUT2D eigenvalue weighted by Crippen LogP contribution is -2.09. The smallest absolute Gasteiger partial charge is 0.124 e. The summed E-state index contributed by atoms with van der Waals surface area (Å²) < 4.78 is 5.49. The molecule has 26 heavy (non-hydrogen) atoms. The highest BCUT2D eigenvalue weighted by Crippen LogP contribution is 2.30. The first-order chi connectivity index (χ1) is 12.6. The summed E-state index contributed by atoms with van der Waals surface area (Å²) in [5.41, 5.74) is 4.60. The molecule has 1 aliphatic heterocycles. The molecule has 4 nitrogen and oxygen atoms in total. The topological polar surface area (TPSA) is 46.8 Å². The molecule has 5 heteroatoms. The lowest BCUT2D eigenvalue weighted by molar-refractivity contribution is 0.408. The van der Waals surface area contributed by atoms with Crippen LogP contribution in [-0.4, -0.2) is 28.7 Å². The van der Waals surface area contributed by atoms with Crippen molar-refractivity contribution in [3.63, 3.8) is 0 Å². The molecule has 1 aromatic carbocycles. The Balaban J connectivity index is 1.86. The third-order valence-corrected chi connectivity index (χ3v) is 5.82. The minimum absolute atomic E-state index is 0.420. The number of thioether (sulfide) groups is 1. The molecule has 0 bridgehead atoms. The van der Waals surface area contributed by atoms with Gasteiger partial charge in [-0.15, -0.1) is 0 Å². The SMILES string of the molecule is COc1c(C)cc(C2=NCCC(C)C(=NCc3ccncc3)S2)cc1C. The quantitative estimate of drug-likeness (QED) is 0.778. The second-order valence-corrected chi connectivity index (χ2v) is 7.64. The Kier molecular flexibility index (Phi) is 6.09. The molecule has 1 unspecified atom stereocenters. The van der Waals surface area contributed by atoms with Crippen LogP contribution in [0.3, 0.4) is 0 Å². The van der Waals surface area contributed by atoms with Crippen LogP contribution in [-0.2, 0) is 6.54 Å². The summed E-state index contributed by atoms with van der Waals surface area (Å²) in [6.07, 6.45) is 4.66. The van der Waals surface area contributed by atoms with Crippen molar-refractivity contribution in [3.8, 4) is 5.75 Å². The van der Waals surface area contributed by atoms with Gasteiger partial charge in [-0.1, -0.05) is 18.7 Å². The number of hydrogen-bond donors (Lipinski definition) is 0. The number of benzene rings is 1. The van der Waals surface area contributed by atoms with Crippen LogP contribution in [0.1, 0.15) is 35.6 Å². The Morgan fingerprint density at radius 1 is 1.19 bits per heavy atom. The number of hydrogen-bond acceptors (Lipinski definition) is 5. The third kappa shape index (κ3) is 4.33. The van der Waals surface area contributed by atoms with Gasteiger partial charge in [0, 0.05) is 30.4 Å². The van der Waals surface area contributed by atoms with E-state index in [0.717, 1.165) is 45.5 Å². The number of ether oxygens (including phenoxy) is 1. The van der Waals surface area contributed by atoms with Gasteiger partial charge < -0.3 is 4.74 Å².